The Balaban J connectivity index is 2.66. The quantitative estimate of drug-likeness (QED) is 0.688. The van der Waals surface area contributed by atoms with Gasteiger partial charge >= 0.3 is 0 Å². The Morgan fingerprint density at radius 2 is 1.91 bits per heavy atom. The van der Waals surface area contributed by atoms with Gasteiger partial charge in [0.15, 0.2) is 0 Å². The molecule has 0 fully saturated rings. The highest BCUT2D eigenvalue weighted by Gasteiger charge is 1.97. The van der Waals surface area contributed by atoms with Crippen molar-refractivity contribution in [1.29, 1.82) is 0 Å². The van der Waals surface area contributed by atoms with E-state index in [1.807, 2.05) is 6.92 Å². The third-order valence-corrected chi connectivity index (χ3v) is 1.40. The van der Waals surface area contributed by atoms with Crippen molar-refractivity contribution >= 4 is 0 Å². The fourth-order valence-electron chi connectivity index (χ4n) is 0.924. The number of benzene rings is 1. The van der Waals surface area contributed by atoms with Crippen LogP contribution in [0.15, 0.2) is 24.3 Å². The second-order valence-corrected chi connectivity index (χ2v) is 2.65. The smallest absolute Gasteiger partial charge is 0.123 e. The third-order valence-electron chi connectivity index (χ3n) is 1.40. The minimum Gasteiger partial charge on any atom is -0.323 e. The van der Waals surface area contributed by atoms with Gasteiger partial charge in [0.25, 0.3) is 0 Å². The van der Waals surface area contributed by atoms with E-state index in [0.29, 0.717) is 0 Å². The zero-order chi connectivity index (χ0) is 8.27. The van der Waals surface area contributed by atoms with Gasteiger partial charge in [-0.2, -0.15) is 0 Å². The molecule has 2 heteroatoms. The third kappa shape index (κ3) is 2.68. The highest BCUT2D eigenvalue weighted by atomic mass is 19.1. The van der Waals surface area contributed by atoms with Gasteiger partial charge in [0.1, 0.15) is 5.82 Å². The van der Waals surface area contributed by atoms with E-state index >= 15 is 0 Å². The van der Waals surface area contributed by atoms with Crippen molar-refractivity contribution in [2.45, 2.75) is 13.3 Å². The van der Waals surface area contributed by atoms with E-state index in [2.05, 4.69) is 0 Å². The largest absolute Gasteiger partial charge is 0.323 e. The first kappa shape index (κ1) is 8.21. The summed E-state index contributed by atoms with van der Waals surface area (Å²) in [4.78, 5) is 0. The van der Waals surface area contributed by atoms with Crippen LogP contribution in [0.5, 0.6) is 0 Å². The van der Waals surface area contributed by atoms with Crippen LogP contribution >= 0.6 is 0 Å². The Morgan fingerprint density at radius 3 is 2.36 bits per heavy atom. The Morgan fingerprint density at radius 1 is 1.36 bits per heavy atom. The summed E-state index contributed by atoms with van der Waals surface area (Å²) in [6.45, 7) is 1.85. The summed E-state index contributed by atoms with van der Waals surface area (Å²) in [6.07, 6.45) is 0.722. The lowest BCUT2D eigenvalue weighted by atomic mass is 10.1. The molecule has 0 amide bonds. The van der Waals surface area contributed by atoms with Gasteiger partial charge in [-0.3, -0.25) is 0 Å². The zero-order valence-corrected chi connectivity index (χ0v) is 6.47. The molecule has 0 saturated heterocycles. The summed E-state index contributed by atoms with van der Waals surface area (Å²) in [7, 11) is 0. The zero-order valence-electron chi connectivity index (χ0n) is 6.47. The van der Waals surface area contributed by atoms with Crippen LogP contribution in [0.3, 0.4) is 0 Å². The lowest BCUT2D eigenvalue weighted by molar-refractivity contribution is 0.627. The maximum atomic E-state index is 12.4. The average molecular weight is 152 g/mol. The summed E-state index contributed by atoms with van der Waals surface area (Å²) in [5.74, 6) is -0.205. The van der Waals surface area contributed by atoms with Crippen molar-refractivity contribution in [1.82, 2.24) is 0 Å². The molecule has 0 aliphatic heterocycles. The number of rotatable bonds is 2. The average Bonchev–Trinajstić information content (AvgIpc) is 1.93. The van der Waals surface area contributed by atoms with Crippen LogP contribution in [0.4, 0.5) is 4.39 Å². The molecule has 1 nitrogen and oxygen atoms in total. The fraction of sp³-hybridized carbons (Fsp3) is 0.222. The number of hydrogen-bond donors (Lipinski definition) is 1. The van der Waals surface area contributed by atoms with Gasteiger partial charge in [0, 0.05) is 6.04 Å². The number of halogens is 1. The summed E-state index contributed by atoms with van der Waals surface area (Å²) in [5, 5.41) is 0. The van der Waals surface area contributed by atoms with Crippen molar-refractivity contribution in [3.05, 3.63) is 41.7 Å². The molecule has 0 spiro atoms. The van der Waals surface area contributed by atoms with Crippen LogP contribution in [0.2, 0.25) is 0 Å². The summed E-state index contributed by atoms with van der Waals surface area (Å²) >= 11 is 0. The van der Waals surface area contributed by atoms with E-state index < -0.39 is 0 Å². The summed E-state index contributed by atoms with van der Waals surface area (Å²) in [6, 6.07) is 7.21. The van der Waals surface area contributed by atoms with Gasteiger partial charge in [-0.15, -0.1) is 0 Å². The van der Waals surface area contributed by atoms with E-state index in [1.165, 1.54) is 12.1 Å². The van der Waals surface area contributed by atoms with E-state index in [-0.39, 0.29) is 5.82 Å². The molecule has 2 N–H and O–H groups in total. The Kier molecular flexibility index (Phi) is 2.60. The van der Waals surface area contributed by atoms with Crippen molar-refractivity contribution in [2.24, 2.45) is 5.73 Å². The molecule has 1 rings (SSSR count). The lowest BCUT2D eigenvalue weighted by Crippen LogP contribution is -2.07. The normalized spacial score (nSPS) is 10.5. The Bertz CT molecular complexity index is 216. The Labute approximate surface area is 66.0 Å². The van der Waals surface area contributed by atoms with E-state index in [1.54, 1.807) is 12.1 Å². The van der Waals surface area contributed by atoms with E-state index in [4.69, 9.17) is 5.73 Å². The van der Waals surface area contributed by atoms with Crippen molar-refractivity contribution in [3.8, 4) is 0 Å². The van der Waals surface area contributed by atoms with Crippen LogP contribution in [0, 0.1) is 11.9 Å². The minimum absolute atomic E-state index is 0.205. The van der Waals surface area contributed by atoms with Crippen LogP contribution in [0.25, 0.3) is 0 Å². The second-order valence-electron chi connectivity index (χ2n) is 2.65. The summed E-state index contributed by atoms with van der Waals surface area (Å²) in [5.41, 5.74) is 6.53. The predicted octanol–water partition coefficient (Wildman–Crippen LogP) is 1.88. The molecule has 0 saturated carbocycles. The van der Waals surface area contributed by atoms with Gasteiger partial charge < -0.3 is 5.73 Å². The monoisotopic (exact) mass is 152 g/mol. The molecule has 11 heavy (non-hydrogen) atoms. The highest BCUT2D eigenvalue weighted by molar-refractivity contribution is 5.18. The van der Waals surface area contributed by atoms with Crippen LogP contribution < -0.4 is 5.73 Å². The van der Waals surface area contributed by atoms with Gasteiger partial charge in [-0.1, -0.05) is 12.1 Å². The molecule has 1 aromatic rings. The minimum atomic E-state index is -0.205. The molecule has 0 aromatic heterocycles. The van der Waals surface area contributed by atoms with Crippen LogP contribution in [-0.4, -0.2) is 0 Å². The molecule has 59 valence electrons. The van der Waals surface area contributed by atoms with Crippen LogP contribution in [0.1, 0.15) is 12.5 Å². The Hall–Kier alpha value is -0.890. The molecule has 0 aliphatic carbocycles. The van der Waals surface area contributed by atoms with Crippen molar-refractivity contribution in [2.75, 3.05) is 0 Å². The number of hydrogen-bond acceptors (Lipinski definition) is 1. The van der Waals surface area contributed by atoms with E-state index in [9.17, 15) is 4.39 Å². The highest BCUT2D eigenvalue weighted by Crippen LogP contribution is 2.06. The first-order chi connectivity index (χ1) is 5.18. The van der Waals surface area contributed by atoms with Gasteiger partial charge in [-0.25, -0.2) is 4.39 Å². The van der Waals surface area contributed by atoms with Gasteiger partial charge in [0.05, 0.1) is 0 Å². The van der Waals surface area contributed by atoms with Crippen molar-refractivity contribution < 1.29 is 4.39 Å². The first-order valence-corrected chi connectivity index (χ1v) is 3.51. The molecule has 1 aromatic carbocycles. The SMILES string of the molecule is C[C](N)Cc1ccc(F)cc1. The molecule has 0 unspecified atom stereocenters. The fourth-order valence-corrected chi connectivity index (χ4v) is 0.924. The van der Waals surface area contributed by atoms with Crippen molar-refractivity contribution in [3.63, 3.8) is 0 Å². The van der Waals surface area contributed by atoms with E-state index in [0.717, 1.165) is 18.0 Å². The standard InChI is InChI=1S/C9H11FN/c1-7(11)6-8-2-4-9(10)5-3-8/h2-5H,6,11H2,1H3. The predicted molar refractivity (Wildman–Crippen MR) is 43.2 cm³/mol. The number of nitrogens with two attached hydrogens (primary N) is 1. The topological polar surface area (TPSA) is 26.0 Å². The molecular weight excluding hydrogens is 141 g/mol. The first-order valence-electron chi connectivity index (χ1n) is 3.51. The molecule has 1 radical (unpaired) electrons. The molecule has 0 atom stereocenters. The van der Waals surface area contributed by atoms with Gasteiger partial charge in [0.2, 0.25) is 0 Å². The molecular formula is C9H11FN. The maximum Gasteiger partial charge on any atom is 0.123 e. The molecule has 0 bridgehead atoms. The molecule has 0 heterocycles. The van der Waals surface area contributed by atoms with Gasteiger partial charge in [-0.05, 0) is 31.0 Å². The maximum absolute atomic E-state index is 12.4. The van der Waals surface area contributed by atoms with Crippen LogP contribution in [-0.2, 0) is 6.42 Å². The second kappa shape index (κ2) is 3.49. The lowest BCUT2D eigenvalue weighted by Gasteiger charge is -2.02. The molecule has 0 aliphatic rings. The summed E-state index contributed by atoms with van der Waals surface area (Å²) < 4.78 is 12.4.